The lowest BCUT2D eigenvalue weighted by Gasteiger charge is -2.21. The summed E-state index contributed by atoms with van der Waals surface area (Å²) < 4.78 is 49.0. The molecule has 4 rings (SSSR count). The molecule has 1 aliphatic carbocycles. The second kappa shape index (κ2) is 6.95. The largest absolute Gasteiger partial charge is 0.484 e. The van der Waals surface area contributed by atoms with E-state index in [0.29, 0.717) is 28.9 Å². The van der Waals surface area contributed by atoms with Gasteiger partial charge in [0.1, 0.15) is 23.2 Å². The second-order valence-electron chi connectivity index (χ2n) is 7.30. The van der Waals surface area contributed by atoms with Crippen LogP contribution in [0, 0.1) is 12.8 Å². The maximum absolute atomic E-state index is 13.9. The molecule has 0 spiro atoms. The van der Waals surface area contributed by atoms with E-state index in [1.807, 2.05) is 6.92 Å². The highest BCUT2D eigenvalue weighted by molar-refractivity contribution is 6.32. The van der Waals surface area contributed by atoms with Crippen LogP contribution in [0.25, 0.3) is 5.65 Å². The van der Waals surface area contributed by atoms with Crippen LogP contribution < -0.4 is 4.74 Å². The molecule has 1 fully saturated rings. The first-order chi connectivity index (χ1) is 13.2. The number of ether oxygens (including phenoxy) is 1. The average Bonchev–Trinajstić information content (AvgIpc) is 3.34. The van der Waals surface area contributed by atoms with E-state index in [1.165, 1.54) is 10.5 Å². The molecule has 0 unspecified atom stereocenters. The molecule has 2 heterocycles. The Kier molecular flexibility index (Phi) is 4.73. The molecule has 0 N–H and O–H groups in total. The van der Waals surface area contributed by atoms with Crippen molar-refractivity contribution in [2.75, 3.05) is 0 Å². The summed E-state index contributed by atoms with van der Waals surface area (Å²) in [5, 5.41) is 8.22. The fraction of sp³-hybridized carbons (Fsp3) is 0.400. The number of benzene rings is 1. The first kappa shape index (κ1) is 19.1. The molecule has 0 amide bonds. The van der Waals surface area contributed by atoms with E-state index in [-0.39, 0.29) is 11.2 Å². The maximum atomic E-state index is 13.9. The van der Waals surface area contributed by atoms with E-state index in [0.717, 1.165) is 18.4 Å². The van der Waals surface area contributed by atoms with Gasteiger partial charge in [0, 0.05) is 18.2 Å². The summed E-state index contributed by atoms with van der Waals surface area (Å²) >= 11 is 6.17. The Balaban J connectivity index is 1.74. The van der Waals surface area contributed by atoms with Gasteiger partial charge in [-0.05, 0) is 56.4 Å². The molecule has 148 valence electrons. The minimum absolute atomic E-state index is 0.00186. The van der Waals surface area contributed by atoms with E-state index < -0.39 is 17.8 Å². The van der Waals surface area contributed by atoms with Crippen LogP contribution in [-0.2, 0) is 12.6 Å². The monoisotopic (exact) mass is 409 g/mol. The third kappa shape index (κ3) is 3.68. The number of aromatic nitrogens is 3. The van der Waals surface area contributed by atoms with Crippen molar-refractivity contribution in [3.8, 4) is 5.75 Å². The number of rotatable bonds is 5. The fourth-order valence-electron chi connectivity index (χ4n) is 3.32. The molecule has 1 aromatic carbocycles. The van der Waals surface area contributed by atoms with E-state index in [2.05, 4.69) is 10.2 Å². The van der Waals surface area contributed by atoms with Crippen LogP contribution in [0.5, 0.6) is 5.75 Å². The van der Waals surface area contributed by atoms with E-state index >= 15 is 0 Å². The number of hydrogen-bond donors (Lipinski definition) is 0. The van der Waals surface area contributed by atoms with Crippen LogP contribution >= 0.6 is 11.6 Å². The van der Waals surface area contributed by atoms with Gasteiger partial charge in [-0.2, -0.15) is 13.2 Å². The van der Waals surface area contributed by atoms with Crippen molar-refractivity contribution >= 4 is 17.2 Å². The average molecular weight is 410 g/mol. The van der Waals surface area contributed by atoms with Crippen molar-refractivity contribution in [1.29, 1.82) is 0 Å². The van der Waals surface area contributed by atoms with Gasteiger partial charge in [-0.3, -0.25) is 4.40 Å². The molecule has 0 saturated heterocycles. The molecular weight excluding hydrogens is 391 g/mol. The highest BCUT2D eigenvalue weighted by Crippen LogP contribution is 2.40. The van der Waals surface area contributed by atoms with Gasteiger partial charge in [-0.1, -0.05) is 17.7 Å². The lowest BCUT2D eigenvalue weighted by Crippen LogP contribution is -2.16. The summed E-state index contributed by atoms with van der Waals surface area (Å²) in [6.07, 6.45) is -1.05. The standard InChI is InChI=1S/C20H19ClF3N3O/c1-11-3-6-16(15(21)9-11)28-12(2)14-7-8-27-17(10-13-4-5-13)25-26-19(27)18(14)20(22,23)24/h3,6-9,12-13H,4-5,10H2,1-2H3/t12-/m0/s1. The summed E-state index contributed by atoms with van der Waals surface area (Å²) in [7, 11) is 0. The lowest BCUT2D eigenvalue weighted by atomic mass is 10.0. The smallest absolute Gasteiger partial charge is 0.420 e. The third-order valence-electron chi connectivity index (χ3n) is 4.96. The Labute approximate surface area is 165 Å². The van der Waals surface area contributed by atoms with Crippen LogP contribution in [0.4, 0.5) is 13.2 Å². The van der Waals surface area contributed by atoms with Crippen molar-refractivity contribution < 1.29 is 17.9 Å². The number of pyridine rings is 1. The van der Waals surface area contributed by atoms with Gasteiger partial charge in [0.05, 0.1) is 5.02 Å². The summed E-state index contributed by atoms with van der Waals surface area (Å²) in [5.74, 6) is 1.39. The Morgan fingerprint density at radius 2 is 2.00 bits per heavy atom. The Bertz CT molecular complexity index is 1030. The molecule has 2 aromatic heterocycles. The minimum Gasteiger partial charge on any atom is -0.484 e. The Morgan fingerprint density at radius 3 is 2.64 bits per heavy atom. The van der Waals surface area contributed by atoms with Crippen LogP contribution in [0.2, 0.25) is 5.02 Å². The molecule has 1 saturated carbocycles. The number of fused-ring (bicyclic) bond motifs is 1. The summed E-state index contributed by atoms with van der Waals surface area (Å²) in [6, 6.07) is 6.59. The number of halogens is 4. The maximum Gasteiger partial charge on any atom is 0.420 e. The molecule has 1 aliphatic rings. The zero-order valence-corrected chi connectivity index (χ0v) is 16.2. The molecule has 3 aromatic rings. The molecule has 0 radical (unpaired) electrons. The first-order valence-electron chi connectivity index (χ1n) is 9.10. The van der Waals surface area contributed by atoms with Gasteiger partial charge >= 0.3 is 6.18 Å². The Hall–Kier alpha value is -2.28. The van der Waals surface area contributed by atoms with E-state index in [1.54, 1.807) is 31.3 Å². The van der Waals surface area contributed by atoms with Gasteiger partial charge in [0.15, 0.2) is 5.65 Å². The molecule has 0 bridgehead atoms. The fourth-order valence-corrected chi connectivity index (χ4v) is 3.60. The van der Waals surface area contributed by atoms with E-state index in [4.69, 9.17) is 16.3 Å². The molecule has 0 aliphatic heterocycles. The second-order valence-corrected chi connectivity index (χ2v) is 7.70. The van der Waals surface area contributed by atoms with Crippen molar-refractivity contribution in [1.82, 2.24) is 14.6 Å². The lowest BCUT2D eigenvalue weighted by molar-refractivity contribution is -0.138. The molecular formula is C20H19ClF3N3O. The summed E-state index contributed by atoms with van der Waals surface area (Å²) in [4.78, 5) is 0. The Morgan fingerprint density at radius 1 is 1.25 bits per heavy atom. The van der Waals surface area contributed by atoms with Crippen LogP contribution in [0.1, 0.15) is 48.4 Å². The topological polar surface area (TPSA) is 39.4 Å². The van der Waals surface area contributed by atoms with E-state index in [9.17, 15) is 13.2 Å². The number of alkyl halides is 3. The normalized spacial score (nSPS) is 15.8. The molecule has 4 nitrogen and oxygen atoms in total. The number of hydrogen-bond acceptors (Lipinski definition) is 3. The van der Waals surface area contributed by atoms with Gasteiger partial charge in [0.2, 0.25) is 0 Å². The molecule has 8 heteroatoms. The SMILES string of the molecule is Cc1ccc(O[C@@H](C)c2ccn3c(CC4CC4)nnc3c2C(F)(F)F)c(Cl)c1. The van der Waals surface area contributed by atoms with Crippen molar-refractivity contribution in [3.05, 3.63) is 58.0 Å². The van der Waals surface area contributed by atoms with Gasteiger partial charge in [0.25, 0.3) is 0 Å². The predicted molar refractivity (Wildman–Crippen MR) is 99.6 cm³/mol. The molecule has 1 atom stereocenters. The van der Waals surface area contributed by atoms with Gasteiger partial charge in [-0.25, -0.2) is 0 Å². The first-order valence-corrected chi connectivity index (χ1v) is 9.48. The minimum atomic E-state index is -4.59. The van der Waals surface area contributed by atoms with Gasteiger partial charge < -0.3 is 4.74 Å². The van der Waals surface area contributed by atoms with Crippen molar-refractivity contribution in [2.24, 2.45) is 5.92 Å². The third-order valence-corrected chi connectivity index (χ3v) is 5.26. The van der Waals surface area contributed by atoms with Crippen molar-refractivity contribution in [3.63, 3.8) is 0 Å². The van der Waals surface area contributed by atoms with Crippen LogP contribution in [0.3, 0.4) is 0 Å². The van der Waals surface area contributed by atoms with Gasteiger partial charge in [-0.15, -0.1) is 10.2 Å². The van der Waals surface area contributed by atoms with Crippen LogP contribution in [-0.4, -0.2) is 14.6 Å². The summed E-state index contributed by atoms with van der Waals surface area (Å²) in [5.41, 5.74) is -0.0672. The summed E-state index contributed by atoms with van der Waals surface area (Å²) in [6.45, 7) is 3.44. The van der Waals surface area contributed by atoms with Crippen LogP contribution in [0.15, 0.2) is 30.5 Å². The predicted octanol–water partition coefficient (Wildman–Crippen LogP) is 5.80. The zero-order chi connectivity index (χ0) is 20.1. The molecule has 28 heavy (non-hydrogen) atoms. The highest BCUT2D eigenvalue weighted by atomic mass is 35.5. The highest BCUT2D eigenvalue weighted by Gasteiger charge is 2.39. The number of aryl methyl sites for hydroxylation is 1. The quantitative estimate of drug-likeness (QED) is 0.534. The number of nitrogens with zero attached hydrogens (tertiary/aromatic N) is 3. The van der Waals surface area contributed by atoms with Crippen molar-refractivity contribution in [2.45, 2.75) is 45.4 Å². The zero-order valence-electron chi connectivity index (χ0n) is 15.4.